The van der Waals surface area contributed by atoms with E-state index in [4.69, 9.17) is 13.9 Å². The highest BCUT2D eigenvalue weighted by molar-refractivity contribution is 6.04. The molecule has 3 aromatic rings. The Balaban J connectivity index is 1.77. The maximum absolute atomic E-state index is 12.3. The minimum Gasteiger partial charge on any atom is -0.497 e. The molecule has 0 aliphatic heterocycles. The molecule has 6 heteroatoms. The van der Waals surface area contributed by atoms with Crippen molar-refractivity contribution in [2.75, 3.05) is 19.5 Å². The van der Waals surface area contributed by atoms with Gasteiger partial charge in [-0.25, -0.2) is 0 Å². The average Bonchev–Trinajstić information content (AvgIpc) is 3.08. The van der Waals surface area contributed by atoms with Gasteiger partial charge < -0.3 is 19.2 Å². The van der Waals surface area contributed by atoms with Crippen molar-refractivity contribution in [3.05, 3.63) is 59.9 Å². The lowest BCUT2D eigenvalue weighted by atomic mass is 10.1. The predicted molar refractivity (Wildman–Crippen MR) is 103 cm³/mol. The van der Waals surface area contributed by atoms with E-state index in [0.717, 1.165) is 11.1 Å². The molecule has 0 atom stereocenters. The summed E-state index contributed by atoms with van der Waals surface area (Å²) in [4.78, 5) is 23.8. The van der Waals surface area contributed by atoms with Crippen molar-refractivity contribution in [1.82, 2.24) is 0 Å². The number of furan rings is 1. The number of benzene rings is 2. The summed E-state index contributed by atoms with van der Waals surface area (Å²) < 4.78 is 16.1. The zero-order chi connectivity index (χ0) is 19.4. The van der Waals surface area contributed by atoms with Gasteiger partial charge in [0.2, 0.25) is 5.91 Å². The van der Waals surface area contributed by atoms with Gasteiger partial charge in [0, 0.05) is 17.0 Å². The number of Topliss-reactive ketones (excluding diaryl/α,β-unsaturated/α-hetero) is 1. The third-order valence-electron chi connectivity index (χ3n) is 4.01. The lowest BCUT2D eigenvalue weighted by Gasteiger charge is -2.10. The van der Waals surface area contributed by atoms with Gasteiger partial charge in [-0.2, -0.15) is 0 Å². The molecule has 0 saturated carbocycles. The second kappa shape index (κ2) is 7.78. The van der Waals surface area contributed by atoms with E-state index in [9.17, 15) is 9.59 Å². The Bertz CT molecular complexity index is 1030. The van der Waals surface area contributed by atoms with Gasteiger partial charge in [0.1, 0.15) is 22.8 Å². The van der Waals surface area contributed by atoms with Crippen molar-refractivity contribution in [2.24, 2.45) is 0 Å². The number of hydrogen-bond donors (Lipinski definition) is 1. The molecule has 0 bridgehead atoms. The van der Waals surface area contributed by atoms with Gasteiger partial charge in [-0.3, -0.25) is 9.59 Å². The van der Waals surface area contributed by atoms with Crippen LogP contribution in [0.15, 0.2) is 53.0 Å². The first-order chi connectivity index (χ1) is 13.0. The molecule has 0 aliphatic rings. The number of hydrogen-bond acceptors (Lipinski definition) is 5. The van der Waals surface area contributed by atoms with E-state index in [1.807, 2.05) is 18.2 Å². The lowest BCUT2D eigenvalue weighted by Crippen LogP contribution is -2.09. The highest BCUT2D eigenvalue weighted by Gasteiger charge is 2.09. The SMILES string of the molecule is COc1ccc2oc(C=CC(=O)Nc3cc(C(C)=O)ccc3OC)cc2c1. The van der Waals surface area contributed by atoms with Crippen LogP contribution in [0, 0.1) is 0 Å². The van der Waals surface area contributed by atoms with Crippen LogP contribution in [0.1, 0.15) is 23.0 Å². The highest BCUT2D eigenvalue weighted by Crippen LogP contribution is 2.27. The van der Waals surface area contributed by atoms with E-state index in [1.54, 1.807) is 37.5 Å². The Morgan fingerprint density at radius 2 is 1.85 bits per heavy atom. The molecule has 1 aromatic heterocycles. The van der Waals surface area contributed by atoms with E-state index in [-0.39, 0.29) is 11.7 Å². The van der Waals surface area contributed by atoms with Gasteiger partial charge in [0.05, 0.1) is 19.9 Å². The standard InChI is InChI=1S/C21H19NO5/c1-13(23)14-4-7-20(26-3)18(12-14)22-21(24)9-6-17-11-15-10-16(25-2)5-8-19(15)27-17/h4-12H,1-3H3,(H,22,24). The van der Waals surface area contributed by atoms with Crippen molar-refractivity contribution in [2.45, 2.75) is 6.92 Å². The maximum Gasteiger partial charge on any atom is 0.248 e. The second-order valence-electron chi connectivity index (χ2n) is 5.85. The zero-order valence-corrected chi connectivity index (χ0v) is 15.2. The Morgan fingerprint density at radius 3 is 2.56 bits per heavy atom. The van der Waals surface area contributed by atoms with Crippen LogP contribution >= 0.6 is 0 Å². The predicted octanol–water partition coefficient (Wildman–Crippen LogP) is 4.30. The van der Waals surface area contributed by atoms with Gasteiger partial charge in [0.25, 0.3) is 0 Å². The Hall–Kier alpha value is -3.54. The van der Waals surface area contributed by atoms with Crippen molar-refractivity contribution < 1.29 is 23.5 Å². The maximum atomic E-state index is 12.3. The summed E-state index contributed by atoms with van der Waals surface area (Å²) in [5, 5.41) is 3.59. The fourth-order valence-electron chi connectivity index (χ4n) is 2.61. The number of anilines is 1. The van der Waals surface area contributed by atoms with Crippen LogP contribution in [0.4, 0.5) is 5.69 Å². The Morgan fingerprint density at radius 1 is 1.04 bits per heavy atom. The van der Waals surface area contributed by atoms with E-state index >= 15 is 0 Å². The molecule has 0 spiro atoms. The molecule has 138 valence electrons. The number of carbonyl (C=O) groups excluding carboxylic acids is 2. The fourth-order valence-corrected chi connectivity index (χ4v) is 2.61. The topological polar surface area (TPSA) is 77.8 Å². The van der Waals surface area contributed by atoms with Crippen LogP contribution in [-0.4, -0.2) is 25.9 Å². The smallest absolute Gasteiger partial charge is 0.248 e. The number of nitrogens with one attached hydrogen (secondary N) is 1. The van der Waals surface area contributed by atoms with E-state index < -0.39 is 0 Å². The second-order valence-corrected chi connectivity index (χ2v) is 5.85. The number of ether oxygens (including phenoxy) is 2. The summed E-state index contributed by atoms with van der Waals surface area (Å²) in [6.07, 6.45) is 2.93. The Kier molecular flexibility index (Phi) is 5.26. The van der Waals surface area contributed by atoms with E-state index in [1.165, 1.54) is 20.1 Å². The summed E-state index contributed by atoms with van der Waals surface area (Å²) >= 11 is 0. The monoisotopic (exact) mass is 365 g/mol. The van der Waals surface area contributed by atoms with E-state index in [2.05, 4.69) is 5.32 Å². The molecule has 27 heavy (non-hydrogen) atoms. The molecule has 0 saturated heterocycles. The van der Waals surface area contributed by atoms with Crippen molar-refractivity contribution in [3.63, 3.8) is 0 Å². The van der Waals surface area contributed by atoms with Crippen LogP contribution in [0.25, 0.3) is 17.0 Å². The van der Waals surface area contributed by atoms with Crippen LogP contribution in [-0.2, 0) is 4.79 Å². The quantitative estimate of drug-likeness (QED) is 0.520. The summed E-state index contributed by atoms with van der Waals surface area (Å²) in [6.45, 7) is 1.46. The number of carbonyl (C=O) groups is 2. The zero-order valence-electron chi connectivity index (χ0n) is 15.2. The molecular weight excluding hydrogens is 346 g/mol. The minimum atomic E-state index is -0.368. The molecule has 0 unspecified atom stereocenters. The van der Waals surface area contributed by atoms with Gasteiger partial charge in [-0.1, -0.05) is 0 Å². The molecule has 1 heterocycles. The summed E-state index contributed by atoms with van der Waals surface area (Å²) in [5.41, 5.74) is 1.61. The van der Waals surface area contributed by atoms with Gasteiger partial charge >= 0.3 is 0 Å². The van der Waals surface area contributed by atoms with Crippen LogP contribution in [0.3, 0.4) is 0 Å². The molecule has 1 N–H and O–H groups in total. The van der Waals surface area contributed by atoms with Crippen molar-refractivity contribution in [1.29, 1.82) is 0 Å². The van der Waals surface area contributed by atoms with Crippen LogP contribution in [0.2, 0.25) is 0 Å². The summed E-state index contributed by atoms with van der Waals surface area (Å²) in [5.74, 6) is 1.28. The van der Waals surface area contributed by atoms with Crippen molar-refractivity contribution in [3.8, 4) is 11.5 Å². The molecular formula is C21H19NO5. The molecule has 1 amide bonds. The number of fused-ring (bicyclic) bond motifs is 1. The number of ketones is 1. The number of rotatable bonds is 6. The molecule has 0 aliphatic carbocycles. The molecule has 3 rings (SSSR count). The van der Waals surface area contributed by atoms with Gasteiger partial charge in [0.15, 0.2) is 5.78 Å². The molecule has 0 radical (unpaired) electrons. The summed E-state index contributed by atoms with van der Waals surface area (Å²) in [7, 11) is 3.10. The number of amides is 1. The molecule has 2 aromatic carbocycles. The summed E-state index contributed by atoms with van der Waals surface area (Å²) in [6, 6.07) is 12.2. The first kappa shape index (κ1) is 18.3. The molecule has 6 nitrogen and oxygen atoms in total. The molecule has 0 fully saturated rings. The van der Waals surface area contributed by atoms with Crippen molar-refractivity contribution >= 4 is 34.4 Å². The highest BCUT2D eigenvalue weighted by atomic mass is 16.5. The van der Waals surface area contributed by atoms with Crippen LogP contribution < -0.4 is 14.8 Å². The van der Waals surface area contributed by atoms with Gasteiger partial charge in [-0.15, -0.1) is 0 Å². The van der Waals surface area contributed by atoms with Gasteiger partial charge in [-0.05, 0) is 55.5 Å². The number of methoxy groups -OCH3 is 2. The fraction of sp³-hybridized carbons (Fsp3) is 0.143. The normalized spacial score (nSPS) is 10.9. The largest absolute Gasteiger partial charge is 0.497 e. The van der Waals surface area contributed by atoms with E-state index in [0.29, 0.717) is 28.3 Å². The first-order valence-corrected chi connectivity index (χ1v) is 8.26. The van der Waals surface area contributed by atoms with Crippen LogP contribution in [0.5, 0.6) is 11.5 Å². The first-order valence-electron chi connectivity index (χ1n) is 8.26. The lowest BCUT2D eigenvalue weighted by molar-refractivity contribution is -0.111. The average molecular weight is 365 g/mol. The third-order valence-corrected chi connectivity index (χ3v) is 4.01. The third kappa shape index (κ3) is 4.17. The minimum absolute atomic E-state index is 0.0959. The Labute approximate surface area is 156 Å².